The quantitative estimate of drug-likeness (QED) is 0.811. The topological polar surface area (TPSA) is 90.0 Å². The van der Waals surface area contributed by atoms with E-state index in [0.29, 0.717) is 12.2 Å². The molecule has 1 aromatic heterocycles. The molecule has 2 rings (SSSR count). The van der Waals surface area contributed by atoms with E-state index in [1.807, 2.05) is 12.1 Å². The molecule has 0 amide bonds. The Morgan fingerprint density at radius 2 is 1.85 bits per heavy atom. The maximum Gasteiger partial charge on any atom is 0.216 e. The van der Waals surface area contributed by atoms with Crippen molar-refractivity contribution in [2.45, 2.75) is 18.8 Å². The third-order valence-electron chi connectivity index (χ3n) is 2.86. The molecule has 7 heteroatoms. The van der Waals surface area contributed by atoms with Crippen molar-refractivity contribution in [1.82, 2.24) is 14.5 Å². The first-order valence-corrected chi connectivity index (χ1v) is 7.87. The van der Waals surface area contributed by atoms with Crippen molar-refractivity contribution in [2.24, 2.45) is 12.8 Å². The fourth-order valence-electron chi connectivity index (χ4n) is 1.78. The molecular formula is C13H18N4O2S. The maximum atomic E-state index is 12.0. The number of rotatable bonds is 6. The van der Waals surface area contributed by atoms with Gasteiger partial charge in [0.15, 0.2) is 0 Å². The van der Waals surface area contributed by atoms with Crippen LogP contribution in [0.5, 0.6) is 0 Å². The highest BCUT2D eigenvalue weighted by Gasteiger charge is 2.12. The van der Waals surface area contributed by atoms with Gasteiger partial charge in [-0.15, -0.1) is 0 Å². The third kappa shape index (κ3) is 4.16. The Hall–Kier alpha value is -1.70. The summed E-state index contributed by atoms with van der Waals surface area (Å²) in [4.78, 5) is 0. The molecule has 108 valence electrons. The molecule has 6 nitrogen and oxygen atoms in total. The summed E-state index contributed by atoms with van der Waals surface area (Å²) in [5, 5.41) is 4.12. The number of aromatic nitrogens is 2. The zero-order valence-corrected chi connectivity index (χ0v) is 12.1. The lowest BCUT2D eigenvalue weighted by molar-refractivity contribution is 0.578. The minimum absolute atomic E-state index is 0.0509. The fourth-order valence-corrected chi connectivity index (χ4v) is 2.88. The molecule has 0 aliphatic carbocycles. The van der Waals surface area contributed by atoms with Crippen LogP contribution in [0, 0.1) is 0 Å². The molecule has 0 bridgehead atoms. The van der Waals surface area contributed by atoms with Gasteiger partial charge in [0.25, 0.3) is 0 Å². The van der Waals surface area contributed by atoms with Crippen LogP contribution in [0.4, 0.5) is 0 Å². The maximum absolute atomic E-state index is 12.0. The number of nitrogens with zero attached hydrogens (tertiary/aromatic N) is 2. The van der Waals surface area contributed by atoms with Gasteiger partial charge in [-0.05, 0) is 17.2 Å². The summed E-state index contributed by atoms with van der Waals surface area (Å²) in [5.41, 5.74) is 7.90. The van der Waals surface area contributed by atoms with E-state index < -0.39 is 10.0 Å². The van der Waals surface area contributed by atoms with Gasteiger partial charge in [0.2, 0.25) is 10.0 Å². The van der Waals surface area contributed by atoms with Crippen LogP contribution in [0.25, 0.3) is 0 Å². The standard InChI is InChI=1S/C13H18N4O2S/c1-17-7-6-13(16-17)9-15-20(18,19)10-12-4-2-11(8-14)3-5-12/h2-7,15H,8-10,14H2,1H3. The van der Waals surface area contributed by atoms with E-state index in [-0.39, 0.29) is 12.3 Å². The van der Waals surface area contributed by atoms with Crippen molar-refractivity contribution in [3.8, 4) is 0 Å². The van der Waals surface area contributed by atoms with Crippen molar-refractivity contribution in [3.63, 3.8) is 0 Å². The molecule has 0 aliphatic heterocycles. The van der Waals surface area contributed by atoms with E-state index in [1.54, 1.807) is 36.1 Å². The second-order valence-electron chi connectivity index (χ2n) is 4.58. The normalized spacial score (nSPS) is 11.7. The van der Waals surface area contributed by atoms with E-state index in [0.717, 1.165) is 11.1 Å². The van der Waals surface area contributed by atoms with Gasteiger partial charge in [-0.25, -0.2) is 13.1 Å². The van der Waals surface area contributed by atoms with Gasteiger partial charge in [0.1, 0.15) is 0 Å². The molecule has 0 radical (unpaired) electrons. The Bertz CT molecular complexity index is 662. The lowest BCUT2D eigenvalue weighted by Gasteiger charge is -2.06. The van der Waals surface area contributed by atoms with Crippen LogP contribution in [0.2, 0.25) is 0 Å². The predicted molar refractivity (Wildman–Crippen MR) is 77.0 cm³/mol. The molecule has 0 fully saturated rings. The first-order chi connectivity index (χ1) is 9.48. The molecular weight excluding hydrogens is 276 g/mol. The number of hydrogen-bond acceptors (Lipinski definition) is 4. The molecule has 2 aromatic rings. The Morgan fingerprint density at radius 1 is 1.20 bits per heavy atom. The van der Waals surface area contributed by atoms with Crippen molar-refractivity contribution in [3.05, 3.63) is 53.3 Å². The van der Waals surface area contributed by atoms with Crippen LogP contribution in [0.15, 0.2) is 36.5 Å². The van der Waals surface area contributed by atoms with Crippen LogP contribution in [0.3, 0.4) is 0 Å². The van der Waals surface area contributed by atoms with Gasteiger partial charge >= 0.3 is 0 Å². The van der Waals surface area contributed by atoms with E-state index >= 15 is 0 Å². The number of hydrogen-bond donors (Lipinski definition) is 2. The van der Waals surface area contributed by atoms with Crippen molar-refractivity contribution >= 4 is 10.0 Å². The SMILES string of the molecule is Cn1ccc(CNS(=O)(=O)Cc2ccc(CN)cc2)n1. The first-order valence-electron chi connectivity index (χ1n) is 6.22. The molecule has 3 N–H and O–H groups in total. The molecule has 0 unspecified atom stereocenters. The third-order valence-corrected chi connectivity index (χ3v) is 4.15. The highest BCUT2D eigenvalue weighted by molar-refractivity contribution is 7.88. The highest BCUT2D eigenvalue weighted by Crippen LogP contribution is 2.08. The molecule has 1 aromatic carbocycles. The molecule has 0 spiro atoms. The van der Waals surface area contributed by atoms with Gasteiger partial charge in [-0.2, -0.15) is 5.10 Å². The second kappa shape index (κ2) is 6.17. The minimum atomic E-state index is -3.37. The average molecular weight is 294 g/mol. The first kappa shape index (κ1) is 14.7. The van der Waals surface area contributed by atoms with E-state index in [9.17, 15) is 8.42 Å². The smallest absolute Gasteiger partial charge is 0.216 e. The summed E-state index contributed by atoms with van der Waals surface area (Å²) in [5.74, 6) is -0.0509. The van der Waals surface area contributed by atoms with E-state index in [2.05, 4.69) is 9.82 Å². The summed E-state index contributed by atoms with van der Waals surface area (Å²) in [6.07, 6.45) is 1.77. The molecule has 0 saturated carbocycles. The minimum Gasteiger partial charge on any atom is -0.326 e. The van der Waals surface area contributed by atoms with Gasteiger partial charge in [0, 0.05) is 19.8 Å². The molecule has 0 atom stereocenters. The van der Waals surface area contributed by atoms with Gasteiger partial charge < -0.3 is 5.73 Å². The number of nitrogens with one attached hydrogen (secondary N) is 1. The van der Waals surface area contributed by atoms with Crippen molar-refractivity contribution in [2.75, 3.05) is 0 Å². The average Bonchev–Trinajstić information content (AvgIpc) is 2.83. The van der Waals surface area contributed by atoms with Gasteiger partial charge in [-0.3, -0.25) is 4.68 Å². The van der Waals surface area contributed by atoms with Crippen LogP contribution < -0.4 is 10.5 Å². The lowest BCUT2D eigenvalue weighted by Crippen LogP contribution is -2.25. The Kier molecular flexibility index (Phi) is 4.53. The summed E-state index contributed by atoms with van der Waals surface area (Å²) in [6, 6.07) is 9.01. The van der Waals surface area contributed by atoms with Crippen molar-refractivity contribution < 1.29 is 8.42 Å². The van der Waals surface area contributed by atoms with Gasteiger partial charge in [0.05, 0.1) is 18.0 Å². The lowest BCUT2D eigenvalue weighted by atomic mass is 10.1. The number of nitrogens with two attached hydrogens (primary N) is 1. The molecule has 0 aliphatic rings. The van der Waals surface area contributed by atoms with Crippen LogP contribution >= 0.6 is 0 Å². The highest BCUT2D eigenvalue weighted by atomic mass is 32.2. The zero-order chi connectivity index (χ0) is 14.6. The Labute approximate surface area is 118 Å². The van der Waals surface area contributed by atoms with E-state index in [1.165, 1.54) is 0 Å². The Balaban J connectivity index is 1.96. The van der Waals surface area contributed by atoms with Crippen molar-refractivity contribution in [1.29, 1.82) is 0 Å². The van der Waals surface area contributed by atoms with Crippen LogP contribution in [-0.2, 0) is 35.9 Å². The second-order valence-corrected chi connectivity index (χ2v) is 6.39. The summed E-state index contributed by atoms with van der Waals surface area (Å²) >= 11 is 0. The number of aryl methyl sites for hydroxylation is 1. The van der Waals surface area contributed by atoms with E-state index in [4.69, 9.17) is 5.73 Å². The predicted octanol–water partition coefficient (Wildman–Crippen LogP) is 0.498. The zero-order valence-electron chi connectivity index (χ0n) is 11.3. The van der Waals surface area contributed by atoms with Crippen LogP contribution in [-0.4, -0.2) is 18.2 Å². The summed E-state index contributed by atoms with van der Waals surface area (Å²) in [6.45, 7) is 0.648. The van der Waals surface area contributed by atoms with Crippen LogP contribution in [0.1, 0.15) is 16.8 Å². The summed E-state index contributed by atoms with van der Waals surface area (Å²) in [7, 11) is -1.58. The fraction of sp³-hybridized carbons (Fsp3) is 0.308. The molecule has 1 heterocycles. The largest absolute Gasteiger partial charge is 0.326 e. The monoisotopic (exact) mass is 294 g/mol. The number of sulfonamides is 1. The molecule has 0 saturated heterocycles. The molecule has 20 heavy (non-hydrogen) atoms. The summed E-state index contributed by atoms with van der Waals surface area (Å²) < 4.78 is 28.1. The Morgan fingerprint density at radius 3 is 2.40 bits per heavy atom. The number of benzene rings is 1. The van der Waals surface area contributed by atoms with Gasteiger partial charge in [-0.1, -0.05) is 24.3 Å².